The number of hydrogen-bond donors (Lipinski definition) is 6. The molecule has 0 aliphatic carbocycles. The molecule has 388 valence electrons. The summed E-state index contributed by atoms with van der Waals surface area (Å²) < 4.78 is 0. The number of benzene rings is 2. The molecule has 12 nitrogen and oxygen atoms in total. The number of pyridine rings is 4. The molecule has 8 fully saturated rings. The Morgan fingerprint density at radius 1 is 0.405 bits per heavy atom. The van der Waals surface area contributed by atoms with Crippen LogP contribution < -0.4 is 31.9 Å². The molecule has 0 atom stereocenters. The number of nitrogens with one attached hydrogen (secondary N) is 6. The molecule has 0 radical (unpaired) electrons. The van der Waals surface area contributed by atoms with Gasteiger partial charge in [-0.15, -0.1) is 0 Å². The summed E-state index contributed by atoms with van der Waals surface area (Å²) in [6, 6.07) is 45.1. The third kappa shape index (κ3) is 12.1. The summed E-state index contributed by atoms with van der Waals surface area (Å²) in [5.74, 6) is 1.98. The third-order valence-corrected chi connectivity index (χ3v) is 18.3. The van der Waals surface area contributed by atoms with Gasteiger partial charge in [0.15, 0.2) is 0 Å². The Morgan fingerprint density at radius 2 is 0.811 bits per heavy atom. The topological polar surface area (TPSA) is 130 Å². The monoisotopic (exact) mass is 993 g/mol. The minimum atomic E-state index is 0.317. The van der Waals surface area contributed by atoms with Gasteiger partial charge in [-0.2, -0.15) is 0 Å². The van der Waals surface area contributed by atoms with Crippen molar-refractivity contribution in [2.45, 2.75) is 162 Å². The molecule has 0 unspecified atom stereocenters. The summed E-state index contributed by atoms with van der Waals surface area (Å²) in [7, 11) is 0. The van der Waals surface area contributed by atoms with Crippen molar-refractivity contribution in [2.75, 3.05) is 47.4 Å². The van der Waals surface area contributed by atoms with E-state index in [1.165, 1.54) is 114 Å². The van der Waals surface area contributed by atoms with Crippen LogP contribution in [0.25, 0.3) is 0 Å². The molecule has 6 N–H and O–H groups in total. The number of anilines is 4. The number of fused-ring (bicyclic) bond motifs is 8. The van der Waals surface area contributed by atoms with Crippen molar-refractivity contribution in [2.24, 2.45) is 0 Å². The van der Waals surface area contributed by atoms with E-state index >= 15 is 0 Å². The molecule has 6 aromatic rings. The molecule has 74 heavy (non-hydrogen) atoms. The molecule has 12 heteroatoms. The zero-order valence-corrected chi connectivity index (χ0v) is 43.6. The molecule has 0 amide bonds. The van der Waals surface area contributed by atoms with Crippen LogP contribution in [0, 0.1) is 0 Å². The molecule has 8 saturated heterocycles. The van der Waals surface area contributed by atoms with Crippen LogP contribution in [0.1, 0.15) is 114 Å². The predicted octanol–water partition coefficient (Wildman–Crippen LogP) is 10.9. The first-order chi connectivity index (χ1) is 36.4. The van der Waals surface area contributed by atoms with Crippen molar-refractivity contribution in [1.29, 1.82) is 0 Å². The predicted molar refractivity (Wildman–Crippen MR) is 301 cm³/mol. The maximum absolute atomic E-state index is 4.40. The molecule has 2 aromatic carbocycles. The zero-order chi connectivity index (χ0) is 49.9. The fraction of sp³-hybridized carbons (Fsp3) is 0.484. The molecule has 8 bridgehead atoms. The quantitative estimate of drug-likeness (QED) is 0.0552. The molecule has 14 rings (SSSR count). The minimum absolute atomic E-state index is 0.317. The highest BCUT2D eigenvalue weighted by molar-refractivity contribution is 5.42. The average Bonchev–Trinajstić information content (AvgIpc) is 4.39. The minimum Gasteiger partial charge on any atom is -0.382 e. The van der Waals surface area contributed by atoms with Gasteiger partial charge in [0.1, 0.15) is 11.6 Å². The van der Waals surface area contributed by atoms with Gasteiger partial charge in [-0.3, -0.25) is 19.8 Å². The van der Waals surface area contributed by atoms with E-state index in [1.54, 1.807) is 0 Å². The third-order valence-electron chi connectivity index (χ3n) is 18.3. The van der Waals surface area contributed by atoms with Crippen molar-refractivity contribution in [3.8, 4) is 0 Å². The Bertz CT molecular complexity index is 2390. The van der Waals surface area contributed by atoms with Crippen LogP contribution in [0.5, 0.6) is 0 Å². The van der Waals surface area contributed by atoms with E-state index in [1.807, 2.05) is 79.6 Å². The van der Waals surface area contributed by atoms with Gasteiger partial charge in [0, 0.05) is 123 Å². The smallest absolute Gasteiger partial charge is 0.125 e. The lowest BCUT2D eigenvalue weighted by Gasteiger charge is -2.35. The second-order valence-electron chi connectivity index (χ2n) is 22.9. The van der Waals surface area contributed by atoms with E-state index in [2.05, 4.69) is 140 Å². The van der Waals surface area contributed by atoms with Gasteiger partial charge < -0.3 is 31.9 Å². The highest BCUT2D eigenvalue weighted by Crippen LogP contribution is 2.48. The molecule has 4 aromatic heterocycles. The van der Waals surface area contributed by atoms with Crippen LogP contribution in [0.15, 0.2) is 159 Å². The lowest BCUT2D eigenvalue weighted by Crippen LogP contribution is -2.46. The zero-order valence-electron chi connectivity index (χ0n) is 43.6. The molecule has 8 aliphatic heterocycles. The Hall–Kier alpha value is -5.92. The summed E-state index contributed by atoms with van der Waals surface area (Å²) in [6.07, 6.45) is 32.5. The second-order valence-corrected chi connectivity index (χ2v) is 22.9. The standard InChI is InChI=1S/2C19H23N3.2C12H17N3/c1-2-6-16(7-3-1)14-22-17-9-11-19(22,12-10-17)15-21-18-8-4-5-13-20-18;1-2-5-16(6-3-1)14-22-18-8-10-19(22,11-9-18)15-21-17-7-4-12-20-13-17;1-2-11(8-13-7-1)14-9-12-5-3-10(15-12)4-6-12;1-2-8-13-11(3-1)14-9-12-6-4-10(15-12)5-7-12/h1-8,13,17H,9-12,14-15H2,(H,20,21);1-7,12-13,18,21H,8-11,14-15H2;1-2,7-8,10,14-15H,3-6,9H2;1-3,8,10,15H,4-7,9H2,(H,13,14). The summed E-state index contributed by atoms with van der Waals surface area (Å²) in [5.41, 5.74) is 6.51. The van der Waals surface area contributed by atoms with Gasteiger partial charge >= 0.3 is 0 Å². The molecular formula is C62H80N12. The van der Waals surface area contributed by atoms with Crippen LogP contribution in [-0.2, 0) is 13.1 Å². The highest BCUT2D eigenvalue weighted by Gasteiger charge is 2.52. The first-order valence-corrected chi connectivity index (χ1v) is 28.2. The Labute approximate surface area is 440 Å². The Balaban J connectivity index is 0.000000108. The van der Waals surface area contributed by atoms with E-state index < -0.39 is 0 Å². The van der Waals surface area contributed by atoms with Gasteiger partial charge in [0.05, 0.1) is 11.4 Å². The van der Waals surface area contributed by atoms with Gasteiger partial charge in [-0.1, -0.05) is 72.8 Å². The first kappa shape index (κ1) is 50.2. The average molecular weight is 993 g/mol. The summed E-state index contributed by atoms with van der Waals surface area (Å²) in [5, 5.41) is 21.5. The number of hydrogen-bond acceptors (Lipinski definition) is 12. The van der Waals surface area contributed by atoms with Gasteiger partial charge in [0.25, 0.3) is 0 Å². The maximum Gasteiger partial charge on any atom is 0.125 e. The van der Waals surface area contributed by atoms with Crippen LogP contribution in [0.3, 0.4) is 0 Å². The van der Waals surface area contributed by atoms with E-state index in [0.29, 0.717) is 22.2 Å². The second kappa shape index (κ2) is 23.3. The summed E-state index contributed by atoms with van der Waals surface area (Å²) >= 11 is 0. The van der Waals surface area contributed by atoms with Crippen molar-refractivity contribution in [3.63, 3.8) is 0 Å². The van der Waals surface area contributed by atoms with E-state index in [4.69, 9.17) is 0 Å². The van der Waals surface area contributed by atoms with Gasteiger partial charge in [0.2, 0.25) is 0 Å². The van der Waals surface area contributed by atoms with Crippen molar-refractivity contribution in [3.05, 3.63) is 170 Å². The van der Waals surface area contributed by atoms with Crippen molar-refractivity contribution >= 4 is 23.0 Å². The van der Waals surface area contributed by atoms with E-state index in [-0.39, 0.29) is 0 Å². The summed E-state index contributed by atoms with van der Waals surface area (Å²) in [4.78, 5) is 22.5. The van der Waals surface area contributed by atoms with E-state index in [9.17, 15) is 0 Å². The van der Waals surface area contributed by atoms with Crippen LogP contribution >= 0.6 is 0 Å². The highest BCUT2D eigenvalue weighted by atomic mass is 15.3. The fourth-order valence-corrected chi connectivity index (χ4v) is 14.1. The molecule has 0 saturated carbocycles. The summed E-state index contributed by atoms with van der Waals surface area (Å²) in [6.45, 7) is 6.25. The van der Waals surface area contributed by atoms with Gasteiger partial charge in [-0.05, 0) is 162 Å². The largest absolute Gasteiger partial charge is 0.382 e. The SMILES string of the molecule is c1ccc(CN2C3CCC2(CNc2ccccn2)CC3)cc1.c1ccc(CN2C3CCC2(CNc2cccnc2)CC3)cc1.c1ccc(NCC23CCC(CC2)N3)nc1.c1cncc(NCC23CCC(CC2)N3)c1. The first-order valence-electron chi connectivity index (χ1n) is 28.2. The lowest BCUT2D eigenvalue weighted by molar-refractivity contribution is 0.156. The maximum atomic E-state index is 4.40. The van der Waals surface area contributed by atoms with Crippen molar-refractivity contribution < 1.29 is 0 Å². The molecule has 12 heterocycles. The Kier molecular flexibility index (Phi) is 15.8. The Morgan fingerprint density at radius 3 is 1.20 bits per heavy atom. The normalized spacial score (nSPS) is 29.6. The van der Waals surface area contributed by atoms with Crippen LogP contribution in [0.2, 0.25) is 0 Å². The van der Waals surface area contributed by atoms with E-state index in [0.717, 1.165) is 86.4 Å². The van der Waals surface area contributed by atoms with Crippen LogP contribution in [-0.4, -0.2) is 102 Å². The lowest BCUT2D eigenvalue weighted by atomic mass is 9.87. The van der Waals surface area contributed by atoms with Crippen molar-refractivity contribution in [1.82, 2.24) is 40.4 Å². The molecule has 0 spiro atoms. The number of rotatable bonds is 16. The van der Waals surface area contributed by atoms with Crippen LogP contribution in [0.4, 0.5) is 23.0 Å². The molecule has 8 aliphatic rings. The number of nitrogens with zero attached hydrogens (tertiary/aromatic N) is 6. The molecular weight excluding hydrogens is 913 g/mol. The van der Waals surface area contributed by atoms with Gasteiger partial charge in [-0.25, -0.2) is 9.97 Å². The number of aromatic nitrogens is 4. The fourth-order valence-electron chi connectivity index (χ4n) is 14.1.